The molecule has 0 saturated heterocycles. The number of nitrogens with two attached hydrogens (primary N) is 2. The lowest BCUT2D eigenvalue weighted by Crippen LogP contribution is -2.12. The Balaban J connectivity index is 2.68. The molecule has 4 N–H and O–H groups in total. The Kier molecular flexibility index (Phi) is 3.19. The van der Waals surface area contributed by atoms with Crippen molar-refractivity contribution in [2.24, 2.45) is 5.73 Å². The van der Waals surface area contributed by atoms with Gasteiger partial charge >= 0.3 is 0 Å². The van der Waals surface area contributed by atoms with Crippen LogP contribution < -0.4 is 11.5 Å². The predicted octanol–water partition coefficient (Wildman–Crippen LogP) is 1.15. The molecule has 1 aromatic carbocycles. The number of thioether (sulfide) groups is 1. The normalized spacial score (nSPS) is 9.92. The van der Waals surface area contributed by atoms with Crippen molar-refractivity contribution in [3.8, 4) is 0 Å². The summed E-state index contributed by atoms with van der Waals surface area (Å²) in [4.78, 5) is 11.5. The molecule has 70 valence electrons. The van der Waals surface area contributed by atoms with Gasteiger partial charge < -0.3 is 11.5 Å². The lowest BCUT2D eigenvalue weighted by atomic mass is 10.2. The number of hydrogen-bond acceptors (Lipinski definition) is 3. The molecule has 0 saturated carbocycles. The summed E-state index contributed by atoms with van der Waals surface area (Å²) in [5.41, 5.74) is 12.5. The van der Waals surface area contributed by atoms with Crippen LogP contribution >= 0.6 is 11.8 Å². The molecule has 4 heteroatoms. The monoisotopic (exact) mass is 196 g/mol. The van der Waals surface area contributed by atoms with Gasteiger partial charge in [0.15, 0.2) is 0 Å². The Hall–Kier alpha value is -1.16. The fourth-order valence-corrected chi connectivity index (χ4v) is 1.55. The quantitative estimate of drug-likeness (QED) is 0.563. The number of hydrogen-bond donors (Lipinski definition) is 2. The molecule has 0 unspecified atom stereocenters. The van der Waals surface area contributed by atoms with E-state index in [1.807, 2.05) is 25.1 Å². The molecule has 0 radical (unpaired) electrons. The van der Waals surface area contributed by atoms with E-state index in [0.717, 1.165) is 16.1 Å². The highest BCUT2D eigenvalue weighted by Gasteiger charge is 1.99. The minimum absolute atomic E-state index is 0.294. The average molecular weight is 196 g/mol. The number of rotatable bonds is 3. The molecule has 13 heavy (non-hydrogen) atoms. The van der Waals surface area contributed by atoms with Gasteiger partial charge in [-0.15, -0.1) is 11.8 Å². The molecular weight excluding hydrogens is 184 g/mol. The molecule has 0 aliphatic heterocycles. The molecule has 0 atom stereocenters. The topological polar surface area (TPSA) is 69.1 Å². The van der Waals surface area contributed by atoms with Crippen molar-refractivity contribution in [2.45, 2.75) is 11.8 Å². The van der Waals surface area contributed by atoms with E-state index < -0.39 is 0 Å². The maximum Gasteiger partial charge on any atom is 0.227 e. The summed E-state index contributed by atoms with van der Waals surface area (Å²) < 4.78 is 0. The van der Waals surface area contributed by atoms with Crippen LogP contribution in [0.3, 0.4) is 0 Å². The van der Waals surface area contributed by atoms with Crippen LogP contribution in [0, 0.1) is 6.92 Å². The lowest BCUT2D eigenvalue weighted by molar-refractivity contribution is -0.115. The first-order valence-corrected chi connectivity index (χ1v) is 4.85. The van der Waals surface area contributed by atoms with Crippen LogP contribution in [0.5, 0.6) is 0 Å². The van der Waals surface area contributed by atoms with E-state index in [1.165, 1.54) is 11.8 Å². The van der Waals surface area contributed by atoms with E-state index >= 15 is 0 Å². The molecule has 1 aromatic rings. The summed E-state index contributed by atoms with van der Waals surface area (Å²) >= 11 is 1.40. The molecule has 0 aromatic heterocycles. The van der Waals surface area contributed by atoms with Gasteiger partial charge in [0, 0.05) is 10.6 Å². The molecule has 0 bridgehead atoms. The van der Waals surface area contributed by atoms with Gasteiger partial charge in [0.25, 0.3) is 0 Å². The van der Waals surface area contributed by atoms with E-state index in [1.54, 1.807) is 0 Å². The molecule has 0 aliphatic rings. The number of carbonyl (C=O) groups excluding carboxylic acids is 1. The maximum atomic E-state index is 10.5. The summed E-state index contributed by atoms with van der Waals surface area (Å²) in [5, 5.41) is 0. The second-order valence-corrected chi connectivity index (χ2v) is 3.82. The van der Waals surface area contributed by atoms with Crippen molar-refractivity contribution in [1.82, 2.24) is 0 Å². The van der Waals surface area contributed by atoms with Crippen LogP contribution in [0.15, 0.2) is 23.1 Å². The second-order valence-electron chi connectivity index (χ2n) is 2.77. The van der Waals surface area contributed by atoms with E-state index in [0.29, 0.717) is 5.75 Å². The molecular formula is C9H12N2OS. The minimum Gasteiger partial charge on any atom is -0.398 e. The second kappa shape index (κ2) is 4.18. The van der Waals surface area contributed by atoms with Crippen molar-refractivity contribution in [3.05, 3.63) is 23.8 Å². The van der Waals surface area contributed by atoms with Crippen LogP contribution in [0.1, 0.15) is 5.56 Å². The third-order valence-corrected chi connectivity index (χ3v) is 2.65. The number of carbonyl (C=O) groups is 1. The fourth-order valence-electron chi connectivity index (χ4n) is 0.863. The van der Waals surface area contributed by atoms with Crippen LogP contribution in [0.4, 0.5) is 5.69 Å². The standard InChI is InChI=1S/C9H12N2OS/c1-6-2-3-7(4-8(6)10)13-5-9(11)12/h2-4H,5,10H2,1H3,(H2,11,12). The van der Waals surface area contributed by atoms with E-state index in [4.69, 9.17) is 11.5 Å². The van der Waals surface area contributed by atoms with Crippen molar-refractivity contribution in [2.75, 3.05) is 11.5 Å². The molecule has 3 nitrogen and oxygen atoms in total. The van der Waals surface area contributed by atoms with E-state index in [2.05, 4.69) is 0 Å². The van der Waals surface area contributed by atoms with Crippen molar-refractivity contribution in [1.29, 1.82) is 0 Å². The predicted molar refractivity (Wildman–Crippen MR) is 55.5 cm³/mol. The number of anilines is 1. The van der Waals surface area contributed by atoms with Gasteiger partial charge in [0.2, 0.25) is 5.91 Å². The number of primary amides is 1. The van der Waals surface area contributed by atoms with Crippen molar-refractivity contribution >= 4 is 23.4 Å². The van der Waals surface area contributed by atoms with Gasteiger partial charge in [-0.3, -0.25) is 4.79 Å². The first-order valence-electron chi connectivity index (χ1n) is 3.87. The first-order chi connectivity index (χ1) is 6.09. The zero-order valence-corrected chi connectivity index (χ0v) is 8.23. The first kappa shape index (κ1) is 9.92. The maximum absolute atomic E-state index is 10.5. The highest BCUT2D eigenvalue weighted by molar-refractivity contribution is 8.00. The van der Waals surface area contributed by atoms with Crippen molar-refractivity contribution in [3.63, 3.8) is 0 Å². The van der Waals surface area contributed by atoms with Crippen LogP contribution in [0.25, 0.3) is 0 Å². The van der Waals surface area contributed by atoms with Gasteiger partial charge in [0.05, 0.1) is 5.75 Å². The fraction of sp³-hybridized carbons (Fsp3) is 0.222. The molecule has 0 aliphatic carbocycles. The van der Waals surface area contributed by atoms with Gasteiger partial charge in [-0.25, -0.2) is 0 Å². The number of nitrogen functional groups attached to an aromatic ring is 1. The average Bonchev–Trinajstić information content (AvgIpc) is 2.07. The van der Waals surface area contributed by atoms with E-state index in [9.17, 15) is 4.79 Å². The lowest BCUT2D eigenvalue weighted by Gasteiger charge is -2.02. The molecule has 0 fully saturated rings. The zero-order chi connectivity index (χ0) is 9.84. The number of benzene rings is 1. The Bertz CT molecular complexity index is 325. The third-order valence-electron chi connectivity index (χ3n) is 1.63. The van der Waals surface area contributed by atoms with Gasteiger partial charge in [-0.1, -0.05) is 6.07 Å². The van der Waals surface area contributed by atoms with Crippen LogP contribution in [-0.4, -0.2) is 11.7 Å². The van der Waals surface area contributed by atoms with Crippen LogP contribution in [-0.2, 0) is 4.79 Å². The summed E-state index contributed by atoms with van der Waals surface area (Å²) in [7, 11) is 0. The number of amides is 1. The summed E-state index contributed by atoms with van der Waals surface area (Å²) in [6, 6.07) is 5.71. The van der Waals surface area contributed by atoms with E-state index in [-0.39, 0.29) is 5.91 Å². The highest BCUT2D eigenvalue weighted by atomic mass is 32.2. The largest absolute Gasteiger partial charge is 0.398 e. The highest BCUT2D eigenvalue weighted by Crippen LogP contribution is 2.22. The Morgan fingerprint density at radius 1 is 1.54 bits per heavy atom. The summed E-state index contributed by atoms with van der Waals surface area (Å²) in [6.45, 7) is 1.94. The summed E-state index contributed by atoms with van der Waals surface area (Å²) in [5.74, 6) is -0.0215. The van der Waals surface area contributed by atoms with Gasteiger partial charge in [0.1, 0.15) is 0 Å². The van der Waals surface area contributed by atoms with Gasteiger partial charge in [-0.05, 0) is 24.6 Å². The number of aryl methyl sites for hydroxylation is 1. The third kappa shape index (κ3) is 2.99. The Labute approximate surface area is 81.5 Å². The Morgan fingerprint density at radius 3 is 2.77 bits per heavy atom. The molecule has 0 spiro atoms. The summed E-state index contributed by atoms with van der Waals surface area (Å²) in [6.07, 6.45) is 0. The van der Waals surface area contributed by atoms with Crippen molar-refractivity contribution < 1.29 is 4.79 Å². The SMILES string of the molecule is Cc1ccc(SCC(N)=O)cc1N. The molecule has 0 heterocycles. The zero-order valence-electron chi connectivity index (χ0n) is 7.41. The smallest absolute Gasteiger partial charge is 0.227 e. The molecule has 1 rings (SSSR count). The minimum atomic E-state index is -0.316. The Morgan fingerprint density at radius 2 is 2.23 bits per heavy atom. The van der Waals surface area contributed by atoms with Gasteiger partial charge in [-0.2, -0.15) is 0 Å². The molecule has 1 amide bonds. The van der Waals surface area contributed by atoms with Crippen LogP contribution in [0.2, 0.25) is 0 Å².